The van der Waals surface area contributed by atoms with Gasteiger partial charge in [-0.05, 0) is 114 Å². The fourth-order valence-electron chi connectivity index (χ4n) is 18.6. The van der Waals surface area contributed by atoms with Gasteiger partial charge >= 0.3 is 0 Å². The second kappa shape index (κ2) is 39.5. The highest BCUT2D eigenvalue weighted by atomic mass is 32.1. The first-order valence-electron chi connectivity index (χ1n) is 47.3. The Morgan fingerprint density at radius 3 is 0.648 bits per heavy atom. The SMILES string of the molecule is c1ccc(-c2ccc(-c3nc(-c4cccc(-c5ccccc5)c4)c4sc5ccccc5c4n3)cc2)cc1.c1ccc(-c2ccc(-c3nc(-c4cccc(-c5ccccc5)c4)nc4c3sc3ccccc34)cc2)cc1.c1ccc(-c2ccc(-c3nc(-c4ccccc4-c4ccccc4)c4sc5ccccc5c4n3)cc2)cc1.c1ccc(-c2nc(-c3ccccc3-c3ccccc3)c3sc4ccccc4c3n2)cc1. The van der Waals surface area contributed by atoms with E-state index in [-0.39, 0.29) is 0 Å². The normalized spacial score (nSPS) is 11.2. The molecule has 8 heterocycles. The molecule has 0 atom stereocenters. The summed E-state index contributed by atoms with van der Waals surface area (Å²) in [6.07, 6.45) is 0. The van der Waals surface area contributed by atoms with Gasteiger partial charge < -0.3 is 0 Å². The van der Waals surface area contributed by atoms with Crippen LogP contribution in [0.3, 0.4) is 0 Å². The zero-order valence-electron chi connectivity index (χ0n) is 76.7. The van der Waals surface area contributed by atoms with E-state index in [0.29, 0.717) is 0 Å². The predicted octanol–water partition coefficient (Wildman–Crippen LogP) is 36.4. The first-order valence-corrected chi connectivity index (χ1v) is 50.6. The standard InChI is InChI=1S/3C34H22N2S.C28H18N2S/c1-3-11-23(12-4-1)24-19-21-26(22-20-24)34-35-31(33-32(36-34)29-17-9-10-18-30(29)37-33)28-16-8-7-15-27(28)25-13-5-2-6-14-25;1-3-10-23(11-4-1)25-18-20-26(21-19-25)34-35-31(33-32(36-34)29-16-7-8-17-30(29)37-33)28-15-9-14-27(22-28)24-12-5-2-6-13-24;1-3-10-23(11-4-1)25-18-20-26(21-19-25)31-33-32(29-16-7-8-17-30(29)37-33)36-34(35-31)28-15-9-14-27(22-28)24-12-5-2-6-13-24;1-3-11-19(12-4-1)21-15-7-8-16-22(21)25-27-26(23-17-9-10-18-24(23)31-27)30-28(29-25)20-13-5-2-6-14-20/h3*1-22H;1-18H. The molecular weight excluding hydrogens is 1800 g/mol. The van der Waals surface area contributed by atoms with E-state index in [2.05, 4.69) is 461 Å². The lowest BCUT2D eigenvalue weighted by Crippen LogP contribution is -1.95. The lowest BCUT2D eigenvalue weighted by atomic mass is 9.97. The van der Waals surface area contributed by atoms with E-state index in [1.807, 2.05) is 48.5 Å². The van der Waals surface area contributed by atoms with Crippen LogP contribution >= 0.6 is 45.3 Å². The molecule has 0 bridgehead atoms. The summed E-state index contributed by atoms with van der Waals surface area (Å²) in [5.41, 5.74) is 33.1. The van der Waals surface area contributed by atoms with Crippen molar-refractivity contribution in [1.29, 1.82) is 0 Å². The maximum absolute atomic E-state index is 5.22. The Morgan fingerprint density at radius 2 is 0.317 bits per heavy atom. The van der Waals surface area contributed by atoms with E-state index >= 15 is 0 Å². The molecule has 0 spiro atoms. The second-order valence-electron chi connectivity index (χ2n) is 34.6. The summed E-state index contributed by atoms with van der Waals surface area (Å²) >= 11 is 7.06. The van der Waals surface area contributed by atoms with Crippen LogP contribution < -0.4 is 0 Å². The number of hydrogen-bond donors (Lipinski definition) is 0. The molecule has 19 aromatic carbocycles. The maximum Gasteiger partial charge on any atom is 0.160 e. The quantitative estimate of drug-likeness (QED) is 0.1000. The molecule has 0 fully saturated rings. The van der Waals surface area contributed by atoms with Crippen LogP contribution in [0.5, 0.6) is 0 Å². The first kappa shape index (κ1) is 87.2. The van der Waals surface area contributed by atoms with Crippen molar-refractivity contribution in [2.75, 3.05) is 0 Å². The Hall–Kier alpha value is -17.6. The molecule has 0 unspecified atom stereocenters. The molecule has 12 heteroatoms. The van der Waals surface area contributed by atoms with Gasteiger partial charge in [0.05, 0.1) is 63.6 Å². The third-order valence-electron chi connectivity index (χ3n) is 25.7. The van der Waals surface area contributed by atoms with Crippen molar-refractivity contribution in [3.63, 3.8) is 0 Å². The average molecular weight is 1890 g/mol. The molecule has 0 aliphatic carbocycles. The largest absolute Gasteiger partial charge is 0.226 e. The molecule has 0 N–H and O–H groups in total. The molecule has 27 rings (SSSR count). The van der Waals surface area contributed by atoms with Gasteiger partial charge in [-0.2, -0.15) is 0 Å². The maximum atomic E-state index is 5.22. The van der Waals surface area contributed by atoms with Gasteiger partial charge in [0, 0.05) is 84.9 Å². The van der Waals surface area contributed by atoms with Crippen LogP contribution in [0, 0.1) is 0 Å². The molecule has 0 radical (unpaired) electrons. The Bertz CT molecular complexity index is 9220. The summed E-state index contributed by atoms with van der Waals surface area (Å²) in [4.78, 5) is 41.1. The molecule has 0 aliphatic heterocycles. The third-order valence-corrected chi connectivity index (χ3v) is 30.3. The number of nitrogens with zero attached hydrogens (tertiary/aromatic N) is 8. The Balaban J connectivity index is 0.000000102. The Labute approximate surface area is 837 Å². The first-order chi connectivity index (χ1) is 70.4. The number of thiophene rings is 4. The molecule has 0 aliphatic rings. The van der Waals surface area contributed by atoms with Crippen LogP contribution in [0.25, 0.3) is 250 Å². The van der Waals surface area contributed by atoms with E-state index in [1.165, 1.54) is 113 Å². The van der Waals surface area contributed by atoms with E-state index in [4.69, 9.17) is 39.9 Å². The van der Waals surface area contributed by atoms with Gasteiger partial charge in [-0.25, -0.2) is 39.9 Å². The van der Waals surface area contributed by atoms with Crippen molar-refractivity contribution < 1.29 is 0 Å². The molecule has 8 aromatic heterocycles. The minimum Gasteiger partial charge on any atom is -0.226 e. The molecule has 0 amide bonds. The number of benzene rings is 19. The highest BCUT2D eigenvalue weighted by Gasteiger charge is 2.25. The lowest BCUT2D eigenvalue weighted by Gasteiger charge is -2.12. The van der Waals surface area contributed by atoms with E-state index in [0.717, 1.165) is 137 Å². The molecule has 142 heavy (non-hydrogen) atoms. The van der Waals surface area contributed by atoms with Crippen LogP contribution in [0.15, 0.2) is 510 Å². The van der Waals surface area contributed by atoms with Crippen molar-refractivity contribution in [3.05, 3.63) is 510 Å². The molecule has 0 saturated carbocycles. The number of rotatable bonds is 15. The number of fused-ring (bicyclic) bond motifs is 12. The van der Waals surface area contributed by atoms with Gasteiger partial charge in [0.2, 0.25) is 0 Å². The Morgan fingerprint density at radius 1 is 0.120 bits per heavy atom. The molecular formula is C130H84N8S4. The predicted molar refractivity (Wildman–Crippen MR) is 601 cm³/mol. The highest BCUT2D eigenvalue weighted by molar-refractivity contribution is 7.27. The molecule has 0 saturated heterocycles. The summed E-state index contributed by atoms with van der Waals surface area (Å²) in [5, 5.41) is 4.70. The summed E-state index contributed by atoms with van der Waals surface area (Å²) in [6, 6.07) is 178. The van der Waals surface area contributed by atoms with Crippen molar-refractivity contribution in [3.8, 4) is 168 Å². The van der Waals surface area contributed by atoms with Crippen molar-refractivity contribution in [2.45, 2.75) is 0 Å². The van der Waals surface area contributed by atoms with Gasteiger partial charge in [-0.1, -0.05) is 473 Å². The minimum atomic E-state index is 0.744. The van der Waals surface area contributed by atoms with Crippen molar-refractivity contribution in [1.82, 2.24) is 39.9 Å². The van der Waals surface area contributed by atoms with Crippen LogP contribution in [0.2, 0.25) is 0 Å². The fraction of sp³-hybridized carbons (Fsp3) is 0. The monoisotopic (exact) mass is 1880 g/mol. The molecule has 8 nitrogen and oxygen atoms in total. The second-order valence-corrected chi connectivity index (χ2v) is 38.8. The van der Waals surface area contributed by atoms with E-state index in [1.54, 1.807) is 45.3 Å². The smallest absolute Gasteiger partial charge is 0.160 e. The zero-order valence-corrected chi connectivity index (χ0v) is 80.0. The minimum absolute atomic E-state index is 0.744. The van der Waals surface area contributed by atoms with Crippen LogP contribution in [0.4, 0.5) is 0 Å². The lowest BCUT2D eigenvalue weighted by molar-refractivity contribution is 1.24. The number of hydrogen-bond acceptors (Lipinski definition) is 12. The van der Waals surface area contributed by atoms with E-state index in [9.17, 15) is 0 Å². The Kier molecular flexibility index (Phi) is 24.2. The number of aromatic nitrogens is 8. The highest BCUT2D eigenvalue weighted by Crippen LogP contribution is 2.48. The van der Waals surface area contributed by atoms with Gasteiger partial charge in [-0.3, -0.25) is 0 Å². The van der Waals surface area contributed by atoms with Gasteiger partial charge in [-0.15, -0.1) is 45.3 Å². The summed E-state index contributed by atoms with van der Waals surface area (Å²) in [7, 11) is 0. The topological polar surface area (TPSA) is 103 Å². The summed E-state index contributed by atoms with van der Waals surface area (Å²) in [5.74, 6) is 3.00. The summed E-state index contributed by atoms with van der Waals surface area (Å²) < 4.78 is 9.40. The zero-order chi connectivity index (χ0) is 94.4. The molecule has 27 aromatic rings. The van der Waals surface area contributed by atoms with Gasteiger partial charge in [0.1, 0.15) is 0 Å². The van der Waals surface area contributed by atoms with Crippen LogP contribution in [-0.4, -0.2) is 39.9 Å². The average Bonchev–Trinajstić information content (AvgIpc) is 1.60. The summed E-state index contributed by atoms with van der Waals surface area (Å²) in [6.45, 7) is 0. The van der Waals surface area contributed by atoms with Gasteiger partial charge in [0.25, 0.3) is 0 Å². The fourth-order valence-corrected chi connectivity index (χ4v) is 23.2. The van der Waals surface area contributed by atoms with Crippen LogP contribution in [0.1, 0.15) is 0 Å². The van der Waals surface area contributed by atoms with Gasteiger partial charge in [0.15, 0.2) is 23.3 Å². The molecule has 668 valence electrons. The van der Waals surface area contributed by atoms with E-state index < -0.39 is 0 Å². The third kappa shape index (κ3) is 17.8. The van der Waals surface area contributed by atoms with Crippen molar-refractivity contribution in [2.24, 2.45) is 0 Å². The van der Waals surface area contributed by atoms with Crippen LogP contribution in [-0.2, 0) is 0 Å². The van der Waals surface area contributed by atoms with Crippen molar-refractivity contribution >= 4 is 127 Å².